The molecule has 0 aliphatic carbocycles. The molecule has 0 spiro atoms. The van der Waals surface area contributed by atoms with Crippen molar-refractivity contribution in [2.24, 2.45) is 0 Å². The number of amides is 3. The van der Waals surface area contributed by atoms with Crippen LogP contribution in [0.25, 0.3) is 11.0 Å². The van der Waals surface area contributed by atoms with Gasteiger partial charge >= 0.3 is 0 Å². The Balaban J connectivity index is 1.33. The van der Waals surface area contributed by atoms with Crippen molar-refractivity contribution in [3.63, 3.8) is 0 Å². The summed E-state index contributed by atoms with van der Waals surface area (Å²) in [5, 5.41) is 16.4. The number of anilines is 1. The number of aromatic hydroxyl groups is 1. The van der Waals surface area contributed by atoms with Crippen molar-refractivity contribution in [2.45, 2.75) is 12.5 Å². The maximum Gasteiger partial charge on any atom is 0.287 e. The summed E-state index contributed by atoms with van der Waals surface area (Å²) in [6.45, 7) is 2.90. The van der Waals surface area contributed by atoms with E-state index in [-0.39, 0.29) is 46.5 Å². The third kappa shape index (κ3) is 8.07. The first-order valence-electron chi connectivity index (χ1n) is 15.5. The summed E-state index contributed by atoms with van der Waals surface area (Å²) in [5.41, 5.74) is 1.63. The van der Waals surface area contributed by atoms with Crippen molar-refractivity contribution < 1.29 is 28.6 Å². The molecule has 0 radical (unpaired) electrons. The number of carbonyl (C=O) groups is 3. The van der Waals surface area contributed by atoms with Crippen molar-refractivity contribution in [2.75, 3.05) is 65.4 Å². The Kier molecular flexibility index (Phi) is 10.9. The number of fused-ring (bicyclic) bond motifs is 1. The van der Waals surface area contributed by atoms with Crippen molar-refractivity contribution >= 4 is 46.0 Å². The molecule has 1 saturated heterocycles. The van der Waals surface area contributed by atoms with Gasteiger partial charge in [-0.1, -0.05) is 35.9 Å². The van der Waals surface area contributed by atoms with Crippen molar-refractivity contribution in [1.29, 1.82) is 0 Å². The summed E-state index contributed by atoms with van der Waals surface area (Å²) in [6.07, 6.45) is 0.164. The Labute approximate surface area is 282 Å². The Morgan fingerprint density at radius 2 is 1.71 bits per heavy atom. The van der Waals surface area contributed by atoms with E-state index in [1.165, 1.54) is 19.2 Å². The molecule has 12 nitrogen and oxygen atoms in total. The largest absolute Gasteiger partial charge is 0.504 e. The molecule has 5 rings (SSSR count). The highest BCUT2D eigenvalue weighted by Crippen LogP contribution is 2.30. The van der Waals surface area contributed by atoms with Gasteiger partial charge < -0.3 is 39.6 Å². The van der Waals surface area contributed by atoms with Gasteiger partial charge in [-0.25, -0.2) is 0 Å². The lowest BCUT2D eigenvalue weighted by Gasteiger charge is -2.38. The van der Waals surface area contributed by atoms with Gasteiger partial charge in [0, 0.05) is 68.5 Å². The average molecular weight is 676 g/mol. The van der Waals surface area contributed by atoms with E-state index in [2.05, 4.69) is 15.5 Å². The molecule has 1 atom stereocenters. The summed E-state index contributed by atoms with van der Waals surface area (Å²) < 4.78 is 10.8. The minimum absolute atomic E-state index is 0.0469. The number of likely N-dealkylation sites (N-methyl/N-ethyl adjacent to an activating group) is 1. The molecule has 1 fully saturated rings. The number of rotatable bonds is 11. The van der Waals surface area contributed by atoms with Crippen LogP contribution in [0.2, 0.25) is 5.02 Å². The van der Waals surface area contributed by atoms with Gasteiger partial charge in [-0.2, -0.15) is 0 Å². The van der Waals surface area contributed by atoms with E-state index in [1.54, 1.807) is 35.2 Å². The van der Waals surface area contributed by atoms with Crippen LogP contribution in [0.5, 0.6) is 11.5 Å². The Bertz CT molecular complexity index is 1850. The fourth-order valence-electron chi connectivity index (χ4n) is 5.55. The number of ether oxygens (including phenoxy) is 1. The van der Waals surface area contributed by atoms with Crippen LogP contribution >= 0.6 is 11.6 Å². The van der Waals surface area contributed by atoms with Gasteiger partial charge in [-0.3, -0.25) is 19.2 Å². The van der Waals surface area contributed by atoms with Gasteiger partial charge in [-0.05, 0) is 50.0 Å². The molecule has 1 aromatic heterocycles. The third-order valence-electron chi connectivity index (χ3n) is 8.13. The van der Waals surface area contributed by atoms with Crippen molar-refractivity contribution in [1.82, 2.24) is 20.4 Å². The van der Waals surface area contributed by atoms with Gasteiger partial charge in [0.25, 0.3) is 11.8 Å². The summed E-state index contributed by atoms with van der Waals surface area (Å²) in [6, 6.07) is 16.9. The maximum absolute atomic E-state index is 14.0. The molecule has 48 heavy (non-hydrogen) atoms. The molecule has 0 unspecified atom stereocenters. The molecule has 0 bridgehead atoms. The lowest BCUT2D eigenvalue weighted by molar-refractivity contribution is -0.133. The molecule has 2 heterocycles. The minimum atomic E-state index is -0.990. The Morgan fingerprint density at radius 3 is 2.40 bits per heavy atom. The second-order valence-corrected chi connectivity index (χ2v) is 12.2. The highest BCUT2D eigenvalue weighted by Gasteiger charge is 2.31. The highest BCUT2D eigenvalue weighted by atomic mass is 35.5. The quantitative estimate of drug-likeness (QED) is 0.218. The first kappa shape index (κ1) is 34.3. The lowest BCUT2D eigenvalue weighted by atomic mass is 10.0. The number of phenolic OH excluding ortho intramolecular Hbond substituents is 1. The third-order valence-corrected chi connectivity index (χ3v) is 8.39. The molecule has 13 heteroatoms. The summed E-state index contributed by atoms with van der Waals surface area (Å²) in [5.74, 6) is -1.67. The zero-order valence-electron chi connectivity index (χ0n) is 27.0. The number of methoxy groups -OCH3 is 1. The topological polar surface area (TPSA) is 145 Å². The van der Waals surface area contributed by atoms with E-state index in [0.717, 1.165) is 17.3 Å². The maximum atomic E-state index is 14.0. The van der Waals surface area contributed by atoms with E-state index >= 15 is 0 Å². The zero-order chi connectivity index (χ0) is 34.4. The molecule has 1 aliphatic rings. The van der Waals surface area contributed by atoms with Gasteiger partial charge in [0.2, 0.25) is 5.91 Å². The number of benzene rings is 3. The minimum Gasteiger partial charge on any atom is -0.504 e. The number of para-hydroxylation sites is 1. The van der Waals surface area contributed by atoms with E-state index in [1.807, 2.05) is 37.2 Å². The van der Waals surface area contributed by atoms with Crippen LogP contribution < -0.4 is 25.7 Å². The molecule has 1 aliphatic heterocycles. The number of piperazine rings is 1. The number of nitrogens with one attached hydrogen (secondary N) is 2. The SMILES string of the molecule is COc1cc2oc(C(=O)N[C@H](Cc3ccc(Cl)cc3)C(=O)N3CCN(c4ccccc4C(=O)NCCN(C)C)CC3)cc(=O)c2cc1O. The van der Waals surface area contributed by atoms with Gasteiger partial charge in [-0.15, -0.1) is 0 Å². The number of nitrogens with zero attached hydrogens (tertiary/aromatic N) is 3. The monoisotopic (exact) mass is 675 g/mol. The fourth-order valence-corrected chi connectivity index (χ4v) is 5.68. The smallest absolute Gasteiger partial charge is 0.287 e. The van der Waals surface area contributed by atoms with Crippen LogP contribution in [0.3, 0.4) is 0 Å². The van der Waals surface area contributed by atoms with Crippen LogP contribution in [-0.4, -0.2) is 99.1 Å². The van der Waals surface area contributed by atoms with Crippen molar-refractivity contribution in [3.05, 3.63) is 98.9 Å². The van der Waals surface area contributed by atoms with Crippen LogP contribution in [0.15, 0.2) is 75.9 Å². The normalized spacial score (nSPS) is 13.8. The van der Waals surface area contributed by atoms with Gasteiger partial charge in [0.1, 0.15) is 11.6 Å². The van der Waals surface area contributed by atoms with Gasteiger partial charge in [0.05, 0.1) is 18.1 Å². The zero-order valence-corrected chi connectivity index (χ0v) is 27.8. The second-order valence-electron chi connectivity index (χ2n) is 11.7. The number of hydrogen-bond acceptors (Lipinski definition) is 9. The predicted octanol–water partition coefficient (Wildman–Crippen LogP) is 3.14. The lowest BCUT2D eigenvalue weighted by Crippen LogP contribution is -2.55. The molecule has 3 amide bonds. The summed E-state index contributed by atoms with van der Waals surface area (Å²) in [4.78, 5) is 59.1. The van der Waals surface area contributed by atoms with Crippen LogP contribution in [-0.2, 0) is 11.2 Å². The molecule has 252 valence electrons. The first-order valence-corrected chi connectivity index (χ1v) is 15.9. The fraction of sp³-hybridized carbons (Fsp3) is 0.314. The summed E-state index contributed by atoms with van der Waals surface area (Å²) in [7, 11) is 5.24. The van der Waals surface area contributed by atoms with Crippen LogP contribution in [0, 0.1) is 0 Å². The highest BCUT2D eigenvalue weighted by molar-refractivity contribution is 6.30. The summed E-state index contributed by atoms with van der Waals surface area (Å²) >= 11 is 6.08. The molecular weight excluding hydrogens is 638 g/mol. The molecule has 0 saturated carbocycles. The van der Waals surface area contributed by atoms with Crippen LogP contribution in [0.4, 0.5) is 5.69 Å². The Morgan fingerprint density at radius 1 is 1.00 bits per heavy atom. The van der Waals surface area contributed by atoms with E-state index in [0.29, 0.717) is 49.9 Å². The molecular formula is C35H38ClN5O7. The first-order chi connectivity index (χ1) is 23.0. The average Bonchev–Trinajstić information content (AvgIpc) is 3.08. The molecule has 3 N–H and O–H groups in total. The predicted molar refractivity (Wildman–Crippen MR) is 183 cm³/mol. The van der Waals surface area contributed by atoms with E-state index in [9.17, 15) is 24.3 Å². The number of carbonyl (C=O) groups excluding carboxylic acids is 3. The van der Waals surface area contributed by atoms with Gasteiger partial charge in [0.15, 0.2) is 22.7 Å². The molecule has 3 aromatic carbocycles. The standard InChI is InChI=1S/C35H38ClN5O7/c1-39(2)13-12-37-33(44)24-6-4-5-7-27(24)40-14-16-41(17-15-40)35(46)26(18-22-8-10-23(36)11-9-22)38-34(45)32-20-28(42)25-19-29(43)31(47-3)21-30(25)48-32/h4-11,19-21,26,43H,12-18H2,1-3H3,(H,37,44)(H,38,45)/t26-/m1/s1. The van der Waals surface area contributed by atoms with E-state index < -0.39 is 17.4 Å². The number of phenols is 1. The Hall–Kier alpha value is -5.07. The van der Waals surface area contributed by atoms with E-state index in [4.69, 9.17) is 20.8 Å². The number of halogens is 1. The second kappa shape index (κ2) is 15.2. The van der Waals surface area contributed by atoms with Crippen LogP contribution in [0.1, 0.15) is 26.5 Å². The number of hydrogen-bond donors (Lipinski definition) is 3. The molecule has 4 aromatic rings. The van der Waals surface area contributed by atoms with Crippen molar-refractivity contribution in [3.8, 4) is 11.5 Å².